The second-order valence-electron chi connectivity index (χ2n) is 7.20. The van der Waals surface area contributed by atoms with E-state index in [4.69, 9.17) is 4.74 Å². The van der Waals surface area contributed by atoms with Gasteiger partial charge in [-0.25, -0.2) is 0 Å². The number of carbonyl (C=O) groups excluding carboxylic acids is 2. The number of hydrogen-bond acceptors (Lipinski definition) is 4. The van der Waals surface area contributed by atoms with Crippen LogP contribution >= 0.6 is 0 Å². The van der Waals surface area contributed by atoms with Crippen molar-refractivity contribution in [2.45, 2.75) is 38.6 Å². The Hall–Kier alpha value is -3.08. The molecule has 5 nitrogen and oxygen atoms in total. The highest BCUT2D eigenvalue weighted by molar-refractivity contribution is 6.46. The fourth-order valence-electron chi connectivity index (χ4n) is 3.73. The second kappa shape index (κ2) is 9.41. The molecular weight excluding hydrogens is 366 g/mol. The number of carbonyl (C=O) groups is 2. The van der Waals surface area contributed by atoms with E-state index in [1.165, 1.54) is 0 Å². The molecule has 0 spiro atoms. The van der Waals surface area contributed by atoms with E-state index >= 15 is 0 Å². The van der Waals surface area contributed by atoms with Gasteiger partial charge in [-0.05, 0) is 24.1 Å². The number of aliphatic hydroxyl groups excluding tert-OH is 1. The SMILES string of the molecule is CCCCCCN1C(=O)C(=O)/C(=C(/O)c2ccccc2)[C@H]1c1cccc(OC)c1. The highest BCUT2D eigenvalue weighted by atomic mass is 16.5. The van der Waals surface area contributed by atoms with E-state index in [9.17, 15) is 14.7 Å². The Morgan fingerprint density at radius 2 is 1.79 bits per heavy atom. The number of ketones is 1. The van der Waals surface area contributed by atoms with Crippen LogP contribution < -0.4 is 4.74 Å². The monoisotopic (exact) mass is 393 g/mol. The molecule has 0 aliphatic carbocycles. The van der Waals surface area contributed by atoms with Gasteiger partial charge in [0.15, 0.2) is 0 Å². The van der Waals surface area contributed by atoms with Crippen molar-refractivity contribution in [3.63, 3.8) is 0 Å². The number of aliphatic hydroxyl groups is 1. The Balaban J connectivity index is 2.07. The van der Waals surface area contributed by atoms with Crippen molar-refractivity contribution >= 4 is 17.4 Å². The third-order valence-electron chi connectivity index (χ3n) is 5.25. The van der Waals surface area contributed by atoms with Crippen LogP contribution in [0.1, 0.15) is 49.8 Å². The van der Waals surface area contributed by atoms with Crippen LogP contribution in [-0.4, -0.2) is 35.4 Å². The number of methoxy groups -OCH3 is 1. The minimum Gasteiger partial charge on any atom is -0.507 e. The van der Waals surface area contributed by atoms with Crippen LogP contribution in [-0.2, 0) is 9.59 Å². The Labute approximate surface area is 171 Å². The van der Waals surface area contributed by atoms with E-state index in [2.05, 4.69) is 6.92 Å². The van der Waals surface area contributed by atoms with Gasteiger partial charge in [-0.15, -0.1) is 0 Å². The molecule has 0 aromatic heterocycles. The van der Waals surface area contributed by atoms with Gasteiger partial charge in [-0.1, -0.05) is 68.7 Å². The van der Waals surface area contributed by atoms with Gasteiger partial charge in [0.05, 0.1) is 18.7 Å². The summed E-state index contributed by atoms with van der Waals surface area (Å²) in [6.07, 6.45) is 3.97. The van der Waals surface area contributed by atoms with Gasteiger partial charge in [-0.2, -0.15) is 0 Å². The van der Waals surface area contributed by atoms with Crippen molar-refractivity contribution in [1.29, 1.82) is 0 Å². The van der Waals surface area contributed by atoms with E-state index in [0.29, 0.717) is 17.9 Å². The van der Waals surface area contributed by atoms with Crippen LogP contribution in [0.3, 0.4) is 0 Å². The molecule has 0 bridgehead atoms. The lowest BCUT2D eigenvalue weighted by Crippen LogP contribution is -2.30. The summed E-state index contributed by atoms with van der Waals surface area (Å²) in [6, 6.07) is 15.5. The summed E-state index contributed by atoms with van der Waals surface area (Å²) >= 11 is 0. The fraction of sp³-hybridized carbons (Fsp3) is 0.333. The zero-order chi connectivity index (χ0) is 20.8. The predicted octanol–water partition coefficient (Wildman–Crippen LogP) is 4.70. The zero-order valence-corrected chi connectivity index (χ0v) is 16.9. The van der Waals surface area contributed by atoms with Crippen LogP contribution in [0.15, 0.2) is 60.2 Å². The van der Waals surface area contributed by atoms with E-state index in [1.807, 2.05) is 30.3 Å². The largest absolute Gasteiger partial charge is 0.507 e. The van der Waals surface area contributed by atoms with Crippen LogP contribution in [0.5, 0.6) is 5.75 Å². The van der Waals surface area contributed by atoms with Crippen molar-refractivity contribution in [3.05, 3.63) is 71.3 Å². The summed E-state index contributed by atoms with van der Waals surface area (Å²) in [5.74, 6) is -0.715. The van der Waals surface area contributed by atoms with E-state index in [0.717, 1.165) is 31.2 Å². The number of unbranched alkanes of at least 4 members (excludes halogenated alkanes) is 3. The van der Waals surface area contributed by atoms with E-state index < -0.39 is 17.7 Å². The Morgan fingerprint density at radius 3 is 2.48 bits per heavy atom. The molecule has 1 aliphatic rings. The lowest BCUT2D eigenvalue weighted by molar-refractivity contribution is -0.139. The molecule has 1 heterocycles. The summed E-state index contributed by atoms with van der Waals surface area (Å²) in [5.41, 5.74) is 1.39. The smallest absolute Gasteiger partial charge is 0.295 e. The van der Waals surface area contributed by atoms with E-state index in [1.54, 1.807) is 36.3 Å². The summed E-state index contributed by atoms with van der Waals surface area (Å²) in [5, 5.41) is 10.9. The van der Waals surface area contributed by atoms with Crippen LogP contribution in [0, 0.1) is 0 Å². The minimum absolute atomic E-state index is 0.130. The third-order valence-corrected chi connectivity index (χ3v) is 5.25. The first-order chi connectivity index (χ1) is 14.1. The van der Waals surface area contributed by atoms with Gasteiger partial charge in [0.2, 0.25) is 0 Å². The second-order valence-corrected chi connectivity index (χ2v) is 7.20. The number of nitrogens with zero attached hydrogens (tertiary/aromatic N) is 1. The predicted molar refractivity (Wildman–Crippen MR) is 113 cm³/mol. The van der Waals surface area contributed by atoms with E-state index in [-0.39, 0.29) is 11.3 Å². The topological polar surface area (TPSA) is 66.8 Å². The molecule has 0 unspecified atom stereocenters. The van der Waals surface area contributed by atoms with Crippen LogP contribution in [0.2, 0.25) is 0 Å². The number of amides is 1. The van der Waals surface area contributed by atoms with Crippen LogP contribution in [0.25, 0.3) is 5.76 Å². The standard InChI is InChI=1S/C24H27NO4/c1-3-4-5-9-15-25-21(18-13-10-14-19(16-18)29-2)20(23(27)24(25)28)22(26)17-11-7-6-8-12-17/h6-8,10-14,16,21,26H,3-5,9,15H2,1-2H3/b22-20+/t21-/m1/s1. The van der Waals surface area contributed by atoms with Gasteiger partial charge in [-0.3, -0.25) is 9.59 Å². The summed E-state index contributed by atoms with van der Waals surface area (Å²) in [7, 11) is 1.57. The first kappa shape index (κ1) is 20.6. The summed E-state index contributed by atoms with van der Waals surface area (Å²) < 4.78 is 5.33. The lowest BCUT2D eigenvalue weighted by atomic mass is 9.95. The maximum absolute atomic E-state index is 12.9. The minimum atomic E-state index is -0.644. The molecule has 1 fully saturated rings. The van der Waals surface area contributed by atoms with Crippen molar-refractivity contribution in [3.8, 4) is 5.75 Å². The number of benzene rings is 2. The maximum atomic E-state index is 12.9. The molecule has 1 N–H and O–H groups in total. The van der Waals surface area contributed by atoms with Gasteiger partial charge >= 0.3 is 0 Å². The Bertz CT molecular complexity index is 904. The van der Waals surface area contributed by atoms with Crippen LogP contribution in [0.4, 0.5) is 0 Å². The molecular formula is C24H27NO4. The molecule has 3 rings (SSSR count). The molecule has 2 aromatic carbocycles. The highest BCUT2D eigenvalue weighted by Gasteiger charge is 2.45. The summed E-state index contributed by atoms with van der Waals surface area (Å²) in [4.78, 5) is 27.4. The van der Waals surface area contributed by atoms with Crippen molar-refractivity contribution in [2.75, 3.05) is 13.7 Å². The number of hydrogen-bond donors (Lipinski definition) is 1. The van der Waals surface area contributed by atoms with Gasteiger partial charge in [0.1, 0.15) is 11.5 Å². The maximum Gasteiger partial charge on any atom is 0.295 e. The van der Waals surface area contributed by atoms with Crippen molar-refractivity contribution in [1.82, 2.24) is 4.90 Å². The molecule has 1 atom stereocenters. The number of likely N-dealkylation sites (tertiary alicyclic amines) is 1. The number of rotatable bonds is 8. The van der Waals surface area contributed by atoms with Crippen molar-refractivity contribution < 1.29 is 19.4 Å². The lowest BCUT2D eigenvalue weighted by Gasteiger charge is -2.25. The number of Topliss-reactive ketones (excluding diaryl/α,β-unsaturated/α-hetero) is 1. The van der Waals surface area contributed by atoms with Gasteiger partial charge < -0.3 is 14.7 Å². The molecule has 1 saturated heterocycles. The Kier molecular flexibility index (Phi) is 6.70. The Morgan fingerprint density at radius 1 is 1.03 bits per heavy atom. The molecule has 1 amide bonds. The first-order valence-electron chi connectivity index (χ1n) is 10.1. The molecule has 2 aromatic rings. The fourth-order valence-corrected chi connectivity index (χ4v) is 3.73. The third kappa shape index (κ3) is 4.34. The molecule has 5 heteroatoms. The molecule has 0 radical (unpaired) electrons. The highest BCUT2D eigenvalue weighted by Crippen LogP contribution is 2.40. The average Bonchev–Trinajstić information content (AvgIpc) is 3.01. The average molecular weight is 393 g/mol. The molecule has 0 saturated carbocycles. The zero-order valence-electron chi connectivity index (χ0n) is 16.9. The quantitative estimate of drug-likeness (QED) is 0.306. The van der Waals surface area contributed by atoms with Crippen molar-refractivity contribution in [2.24, 2.45) is 0 Å². The molecule has 1 aliphatic heterocycles. The van der Waals surface area contributed by atoms with Gasteiger partial charge in [0.25, 0.3) is 11.7 Å². The molecule has 29 heavy (non-hydrogen) atoms. The number of ether oxygens (including phenoxy) is 1. The first-order valence-corrected chi connectivity index (χ1v) is 10.1. The summed E-state index contributed by atoms with van der Waals surface area (Å²) in [6.45, 7) is 2.60. The normalized spacial score (nSPS) is 18.3. The molecule has 152 valence electrons. The van der Waals surface area contributed by atoms with Gasteiger partial charge in [0, 0.05) is 12.1 Å².